The lowest BCUT2D eigenvalue weighted by Gasteiger charge is -2.37. The van der Waals surface area contributed by atoms with E-state index in [1.165, 1.54) is 22.3 Å². The van der Waals surface area contributed by atoms with Gasteiger partial charge in [0.05, 0.1) is 38.8 Å². The normalized spacial score (nSPS) is 34.5. The van der Waals surface area contributed by atoms with Gasteiger partial charge in [0.2, 0.25) is 0 Å². The first-order valence-electron chi connectivity index (χ1n) is 9.51. The fraction of sp³-hybridized carbons (Fsp3) is 0.545. The second-order valence-corrected chi connectivity index (χ2v) is 8.75. The molecule has 0 amide bonds. The quantitative estimate of drug-likeness (QED) is 0.667. The SMILES string of the molecule is C=C(C)C[N+]1(C)CC[C@@]23C=C[C@@H](O)C[C@H]2Oc2c(OC)cc(C)c(c23)C1. The Hall–Kier alpha value is -1.78. The number of aliphatic hydroxyl groups excluding tert-OH is 1. The molecule has 0 saturated heterocycles. The molecule has 0 bridgehead atoms. The largest absolute Gasteiger partial charge is 0.493 e. The van der Waals surface area contributed by atoms with Gasteiger partial charge in [0, 0.05) is 24.0 Å². The molecule has 4 nitrogen and oxygen atoms in total. The molecule has 2 aliphatic heterocycles. The summed E-state index contributed by atoms with van der Waals surface area (Å²) >= 11 is 0. The van der Waals surface area contributed by atoms with Crippen LogP contribution in [0.5, 0.6) is 11.5 Å². The maximum absolute atomic E-state index is 10.2. The molecule has 1 N–H and O–H groups in total. The van der Waals surface area contributed by atoms with Crippen LogP contribution < -0.4 is 9.47 Å². The van der Waals surface area contributed by atoms with Gasteiger partial charge in [-0.25, -0.2) is 0 Å². The van der Waals surface area contributed by atoms with Crippen LogP contribution in [0.4, 0.5) is 0 Å². The molecule has 3 aliphatic rings. The van der Waals surface area contributed by atoms with Gasteiger partial charge in [0.1, 0.15) is 12.6 Å². The summed E-state index contributed by atoms with van der Waals surface area (Å²) < 4.78 is 13.0. The fourth-order valence-corrected chi connectivity index (χ4v) is 5.28. The Balaban J connectivity index is 1.93. The molecule has 1 aromatic rings. The lowest BCUT2D eigenvalue weighted by Crippen LogP contribution is -2.47. The molecule has 0 fully saturated rings. The number of quaternary nitrogens is 1. The molecule has 26 heavy (non-hydrogen) atoms. The molecule has 4 rings (SSSR count). The summed E-state index contributed by atoms with van der Waals surface area (Å²) in [6, 6.07) is 2.11. The van der Waals surface area contributed by atoms with E-state index in [1.54, 1.807) is 7.11 Å². The molecular formula is C22H30NO3+. The predicted molar refractivity (Wildman–Crippen MR) is 103 cm³/mol. The van der Waals surface area contributed by atoms with Gasteiger partial charge in [-0.3, -0.25) is 0 Å². The molecule has 1 spiro atoms. The lowest BCUT2D eigenvalue weighted by atomic mass is 9.68. The van der Waals surface area contributed by atoms with Crippen LogP contribution in [0.3, 0.4) is 0 Å². The molecule has 0 radical (unpaired) electrons. The van der Waals surface area contributed by atoms with Crippen LogP contribution in [0, 0.1) is 6.92 Å². The monoisotopic (exact) mass is 356 g/mol. The highest BCUT2D eigenvalue weighted by Crippen LogP contribution is 2.57. The average molecular weight is 356 g/mol. The fourth-order valence-electron chi connectivity index (χ4n) is 5.28. The number of benzene rings is 1. The van der Waals surface area contributed by atoms with Crippen LogP contribution in [-0.4, -0.2) is 49.0 Å². The van der Waals surface area contributed by atoms with Gasteiger partial charge in [-0.1, -0.05) is 18.7 Å². The first-order valence-corrected chi connectivity index (χ1v) is 9.51. The molecule has 1 aromatic carbocycles. The Morgan fingerprint density at radius 1 is 1.50 bits per heavy atom. The van der Waals surface area contributed by atoms with Gasteiger partial charge in [0.15, 0.2) is 11.5 Å². The summed E-state index contributed by atoms with van der Waals surface area (Å²) in [5.74, 6) is 1.70. The Kier molecular flexibility index (Phi) is 3.97. The molecule has 1 unspecified atom stereocenters. The summed E-state index contributed by atoms with van der Waals surface area (Å²) in [4.78, 5) is 0. The number of ether oxygens (including phenoxy) is 2. The first-order chi connectivity index (χ1) is 12.3. The smallest absolute Gasteiger partial charge is 0.166 e. The summed E-state index contributed by atoms with van der Waals surface area (Å²) in [7, 11) is 4.04. The number of likely N-dealkylation sites (N-methyl/N-ethyl adjacent to an activating group) is 1. The number of nitrogens with zero attached hydrogens (tertiary/aromatic N) is 1. The highest BCUT2D eigenvalue weighted by Gasteiger charge is 2.55. The molecule has 0 aromatic heterocycles. The van der Waals surface area contributed by atoms with Crippen molar-refractivity contribution in [2.45, 2.75) is 50.9 Å². The number of methoxy groups -OCH3 is 1. The zero-order chi connectivity index (χ0) is 18.7. The second kappa shape index (κ2) is 5.86. The molecule has 4 atom stereocenters. The third-order valence-corrected chi connectivity index (χ3v) is 6.42. The van der Waals surface area contributed by atoms with Crippen LogP contribution in [-0.2, 0) is 12.0 Å². The summed E-state index contributed by atoms with van der Waals surface area (Å²) in [5, 5.41) is 10.2. The topological polar surface area (TPSA) is 38.7 Å². The Labute approximate surface area is 156 Å². The highest BCUT2D eigenvalue weighted by molar-refractivity contribution is 5.63. The molecular weight excluding hydrogens is 326 g/mol. The molecule has 2 heterocycles. The van der Waals surface area contributed by atoms with Crippen molar-refractivity contribution in [1.82, 2.24) is 0 Å². The van der Waals surface area contributed by atoms with E-state index in [0.717, 1.165) is 42.0 Å². The van der Waals surface area contributed by atoms with Gasteiger partial charge in [-0.05, 0) is 31.1 Å². The number of hydrogen-bond acceptors (Lipinski definition) is 3. The van der Waals surface area contributed by atoms with Crippen molar-refractivity contribution >= 4 is 0 Å². The van der Waals surface area contributed by atoms with Crippen LogP contribution >= 0.6 is 0 Å². The van der Waals surface area contributed by atoms with Crippen molar-refractivity contribution in [3.05, 3.63) is 47.1 Å². The van der Waals surface area contributed by atoms with E-state index in [1.807, 2.05) is 6.08 Å². The Bertz CT molecular complexity index is 799. The number of aliphatic hydroxyl groups is 1. The molecule has 4 heteroatoms. The van der Waals surface area contributed by atoms with Crippen molar-refractivity contribution in [3.8, 4) is 11.5 Å². The molecule has 0 saturated carbocycles. The molecule has 1 aliphatic carbocycles. The van der Waals surface area contributed by atoms with Gasteiger partial charge in [-0.2, -0.15) is 0 Å². The van der Waals surface area contributed by atoms with Crippen LogP contribution in [0.1, 0.15) is 36.5 Å². The number of aryl methyl sites for hydroxylation is 1. The van der Waals surface area contributed by atoms with Crippen molar-refractivity contribution in [2.24, 2.45) is 0 Å². The minimum Gasteiger partial charge on any atom is -0.493 e. The van der Waals surface area contributed by atoms with Gasteiger partial charge in [-0.15, -0.1) is 0 Å². The Morgan fingerprint density at radius 2 is 2.27 bits per heavy atom. The van der Waals surface area contributed by atoms with Crippen LogP contribution in [0.15, 0.2) is 30.4 Å². The zero-order valence-electron chi connectivity index (χ0n) is 16.3. The minimum absolute atomic E-state index is 0.0247. The van der Waals surface area contributed by atoms with E-state index in [2.05, 4.69) is 39.6 Å². The number of rotatable bonds is 3. The maximum Gasteiger partial charge on any atom is 0.166 e. The zero-order valence-corrected chi connectivity index (χ0v) is 16.3. The van der Waals surface area contributed by atoms with Crippen molar-refractivity contribution in [1.29, 1.82) is 0 Å². The van der Waals surface area contributed by atoms with Crippen LogP contribution in [0.25, 0.3) is 0 Å². The van der Waals surface area contributed by atoms with Gasteiger partial charge in [0.25, 0.3) is 0 Å². The second-order valence-electron chi connectivity index (χ2n) is 8.75. The third-order valence-electron chi connectivity index (χ3n) is 6.42. The van der Waals surface area contributed by atoms with E-state index in [4.69, 9.17) is 9.47 Å². The van der Waals surface area contributed by atoms with Crippen molar-refractivity contribution in [2.75, 3.05) is 27.2 Å². The summed E-state index contributed by atoms with van der Waals surface area (Å²) in [6.07, 6.45) is 5.37. The third kappa shape index (κ3) is 2.50. The number of hydrogen-bond donors (Lipinski definition) is 1. The van der Waals surface area contributed by atoms with Crippen molar-refractivity contribution < 1.29 is 19.1 Å². The van der Waals surface area contributed by atoms with Crippen LogP contribution in [0.2, 0.25) is 0 Å². The average Bonchev–Trinajstić information content (AvgIpc) is 2.82. The first kappa shape index (κ1) is 17.6. The Morgan fingerprint density at radius 3 is 2.96 bits per heavy atom. The minimum atomic E-state index is -0.435. The molecule has 140 valence electrons. The summed E-state index contributed by atoms with van der Waals surface area (Å²) in [6.45, 7) is 11.5. The standard InChI is InChI=1S/C22H30NO3/c1-14(2)12-23(4)9-8-22-7-6-16(24)11-19(22)26-21-18(25-5)10-15(3)17(13-23)20(21)22/h6-7,10,16,19,24H,1,8-9,11-13H2,2-5H3/q+1/t16-,19-,22+,23?/m1/s1. The summed E-state index contributed by atoms with van der Waals surface area (Å²) in [5.41, 5.74) is 5.00. The van der Waals surface area contributed by atoms with E-state index in [-0.39, 0.29) is 11.5 Å². The maximum atomic E-state index is 10.2. The van der Waals surface area contributed by atoms with Gasteiger partial charge < -0.3 is 19.1 Å². The van der Waals surface area contributed by atoms with Crippen molar-refractivity contribution in [3.63, 3.8) is 0 Å². The van der Waals surface area contributed by atoms with Gasteiger partial charge >= 0.3 is 0 Å². The lowest BCUT2D eigenvalue weighted by molar-refractivity contribution is -0.918. The van der Waals surface area contributed by atoms with E-state index in [0.29, 0.717) is 6.42 Å². The highest BCUT2D eigenvalue weighted by atomic mass is 16.5. The van der Waals surface area contributed by atoms with E-state index >= 15 is 0 Å². The predicted octanol–water partition coefficient (Wildman–Crippen LogP) is 3.25. The van der Waals surface area contributed by atoms with E-state index in [9.17, 15) is 5.11 Å². The van der Waals surface area contributed by atoms with E-state index < -0.39 is 6.10 Å².